The van der Waals surface area contributed by atoms with Gasteiger partial charge < -0.3 is 10.5 Å². The Morgan fingerprint density at radius 3 is 2.86 bits per heavy atom. The Morgan fingerprint density at radius 1 is 1.24 bits per heavy atom. The fraction of sp³-hybridized carbons (Fsp3) is 0.526. The van der Waals surface area contributed by atoms with Crippen LogP contribution in [-0.2, 0) is 34.3 Å². The van der Waals surface area contributed by atoms with Gasteiger partial charge >= 0.3 is 0 Å². The number of halogens is 2. The molecule has 3 aliphatic rings. The molecule has 0 radical (unpaired) electrons. The average Bonchev–Trinajstić information content (AvgIpc) is 3.23. The minimum atomic E-state index is -3.34. The lowest BCUT2D eigenvalue weighted by Gasteiger charge is -2.38. The van der Waals surface area contributed by atoms with E-state index in [-0.39, 0.29) is 17.4 Å². The van der Waals surface area contributed by atoms with Gasteiger partial charge in [0.2, 0.25) is 0 Å². The van der Waals surface area contributed by atoms with Gasteiger partial charge in [0.15, 0.2) is 0 Å². The summed E-state index contributed by atoms with van der Waals surface area (Å²) in [4.78, 5) is 2.18. The van der Waals surface area contributed by atoms with E-state index in [1.165, 1.54) is 4.09 Å². The first-order valence-corrected chi connectivity index (χ1v) is 11.3. The monoisotopic (exact) mass is 424 g/mol. The van der Waals surface area contributed by atoms with E-state index in [0.29, 0.717) is 39.0 Å². The first-order valence-electron chi connectivity index (χ1n) is 9.72. The molecule has 10 heteroatoms. The van der Waals surface area contributed by atoms with Crippen LogP contribution in [0, 0.1) is 11.6 Å². The molecule has 0 spiro atoms. The molecule has 2 N–H and O–H groups in total. The van der Waals surface area contributed by atoms with Crippen LogP contribution in [0.1, 0.15) is 41.5 Å². The Morgan fingerprint density at radius 2 is 2.07 bits per heavy atom. The summed E-state index contributed by atoms with van der Waals surface area (Å²) in [6, 6.07) is 2.83. The van der Waals surface area contributed by atoms with Gasteiger partial charge in [-0.25, -0.2) is 17.2 Å². The van der Waals surface area contributed by atoms with Crippen LogP contribution in [0.25, 0.3) is 0 Å². The lowest BCUT2D eigenvalue weighted by molar-refractivity contribution is -0.0533. The van der Waals surface area contributed by atoms with Crippen molar-refractivity contribution in [2.75, 3.05) is 12.4 Å². The maximum Gasteiger partial charge on any atom is 0.254 e. The molecule has 7 nitrogen and oxygen atoms in total. The summed E-state index contributed by atoms with van der Waals surface area (Å²) in [5, 5.41) is 4.36. The van der Waals surface area contributed by atoms with E-state index in [1.54, 1.807) is 0 Å². The molecule has 0 saturated carbocycles. The summed E-state index contributed by atoms with van der Waals surface area (Å²) in [5.41, 5.74) is 8.98. The molecular formula is C19H22F2N4O3S. The molecule has 1 saturated heterocycles. The SMILES string of the molecule is N[C@H]1CC(N2Cc3nn4c(c3C2)CCCS4(=O)=O)CO[C@@H]1c1cc(F)ccc1F. The Balaban J connectivity index is 1.31. The van der Waals surface area contributed by atoms with E-state index in [1.807, 2.05) is 0 Å². The molecule has 0 aliphatic carbocycles. The summed E-state index contributed by atoms with van der Waals surface area (Å²) < 4.78 is 59.2. The molecule has 5 rings (SSSR count). The van der Waals surface area contributed by atoms with Crippen LogP contribution >= 0.6 is 0 Å². The molecule has 1 unspecified atom stereocenters. The fourth-order valence-corrected chi connectivity index (χ4v) is 6.11. The number of rotatable bonds is 2. The largest absolute Gasteiger partial charge is 0.370 e. The lowest BCUT2D eigenvalue weighted by atomic mass is 9.93. The van der Waals surface area contributed by atoms with Gasteiger partial charge in [-0.3, -0.25) is 4.90 Å². The van der Waals surface area contributed by atoms with Crippen molar-refractivity contribution >= 4 is 10.0 Å². The standard InChI is InChI=1S/C19H22F2N4O3S/c20-11-3-4-15(21)13(6-11)19-16(22)7-12(10-28-19)24-8-14-17(9-24)23-25-18(14)2-1-5-29(25,26)27/h3-4,6,12,16,19H,1-2,5,7-10,22H2/t12?,16-,19+/m0/s1. The predicted octanol–water partition coefficient (Wildman–Crippen LogP) is 1.46. The smallest absolute Gasteiger partial charge is 0.254 e. The third-order valence-electron chi connectivity index (χ3n) is 6.11. The van der Waals surface area contributed by atoms with E-state index < -0.39 is 33.8 Å². The number of hydrogen-bond donors (Lipinski definition) is 1. The van der Waals surface area contributed by atoms with Crippen molar-refractivity contribution in [1.29, 1.82) is 0 Å². The molecule has 1 aromatic carbocycles. The van der Waals surface area contributed by atoms with Gasteiger partial charge in [0.1, 0.15) is 17.7 Å². The second-order valence-electron chi connectivity index (χ2n) is 8.01. The van der Waals surface area contributed by atoms with Crippen LogP contribution in [0.3, 0.4) is 0 Å². The third-order valence-corrected chi connectivity index (χ3v) is 7.75. The molecule has 3 atom stereocenters. The first-order chi connectivity index (χ1) is 13.8. The van der Waals surface area contributed by atoms with Gasteiger partial charge in [0, 0.05) is 36.3 Å². The topological polar surface area (TPSA) is 90.5 Å². The molecule has 2 aromatic rings. The number of nitrogens with zero attached hydrogens (tertiary/aromatic N) is 3. The van der Waals surface area contributed by atoms with E-state index in [2.05, 4.69) is 10.00 Å². The third kappa shape index (κ3) is 3.18. The van der Waals surface area contributed by atoms with Crippen molar-refractivity contribution in [3.8, 4) is 0 Å². The highest BCUT2D eigenvalue weighted by Gasteiger charge is 2.39. The predicted molar refractivity (Wildman–Crippen MR) is 100 cm³/mol. The quantitative estimate of drug-likeness (QED) is 0.785. The van der Waals surface area contributed by atoms with Crippen molar-refractivity contribution in [3.63, 3.8) is 0 Å². The van der Waals surface area contributed by atoms with Crippen LogP contribution < -0.4 is 5.73 Å². The minimum absolute atomic E-state index is 0.00733. The van der Waals surface area contributed by atoms with Crippen molar-refractivity contribution in [2.45, 2.75) is 50.5 Å². The Labute approximate surface area is 167 Å². The normalized spacial score (nSPS) is 28.9. The van der Waals surface area contributed by atoms with Crippen molar-refractivity contribution in [3.05, 3.63) is 52.3 Å². The molecule has 156 valence electrons. The second kappa shape index (κ2) is 6.83. The molecule has 1 fully saturated rings. The summed E-state index contributed by atoms with van der Waals surface area (Å²) >= 11 is 0. The Bertz CT molecular complexity index is 1070. The highest BCUT2D eigenvalue weighted by Crippen LogP contribution is 2.36. The zero-order chi connectivity index (χ0) is 20.3. The molecular weight excluding hydrogens is 402 g/mol. The molecule has 0 amide bonds. The van der Waals surface area contributed by atoms with Gasteiger partial charge in [-0.1, -0.05) is 0 Å². The van der Waals surface area contributed by atoms with Gasteiger partial charge in [-0.05, 0) is 37.5 Å². The first kappa shape index (κ1) is 19.1. The van der Waals surface area contributed by atoms with Crippen LogP contribution in [0.5, 0.6) is 0 Å². The molecule has 1 aromatic heterocycles. The second-order valence-corrected chi connectivity index (χ2v) is 9.93. The van der Waals surface area contributed by atoms with Crippen molar-refractivity contribution in [2.24, 2.45) is 5.73 Å². The van der Waals surface area contributed by atoms with Gasteiger partial charge in [0.05, 0.1) is 23.7 Å². The van der Waals surface area contributed by atoms with E-state index in [4.69, 9.17) is 10.5 Å². The van der Waals surface area contributed by atoms with Crippen LogP contribution in [0.4, 0.5) is 8.78 Å². The zero-order valence-corrected chi connectivity index (χ0v) is 16.5. The van der Waals surface area contributed by atoms with Crippen LogP contribution in [-0.4, -0.2) is 46.9 Å². The number of fused-ring (bicyclic) bond motifs is 3. The Kier molecular flexibility index (Phi) is 4.50. The molecule has 0 bridgehead atoms. The summed E-state index contributed by atoms with van der Waals surface area (Å²) in [7, 11) is -3.34. The number of aromatic nitrogens is 2. The number of nitrogens with two attached hydrogens (primary N) is 1. The summed E-state index contributed by atoms with van der Waals surface area (Å²) in [6.45, 7) is 1.47. The number of benzene rings is 1. The summed E-state index contributed by atoms with van der Waals surface area (Å²) in [5.74, 6) is -0.917. The molecule has 29 heavy (non-hydrogen) atoms. The number of ether oxygens (including phenoxy) is 1. The van der Waals surface area contributed by atoms with Gasteiger partial charge in [-0.15, -0.1) is 0 Å². The molecule has 4 heterocycles. The highest BCUT2D eigenvalue weighted by atomic mass is 32.2. The van der Waals surface area contributed by atoms with E-state index in [9.17, 15) is 17.2 Å². The maximum atomic E-state index is 14.1. The average molecular weight is 424 g/mol. The van der Waals surface area contributed by atoms with Crippen molar-refractivity contribution in [1.82, 2.24) is 14.1 Å². The highest BCUT2D eigenvalue weighted by molar-refractivity contribution is 7.89. The lowest BCUT2D eigenvalue weighted by Crippen LogP contribution is -2.48. The van der Waals surface area contributed by atoms with E-state index in [0.717, 1.165) is 35.2 Å². The summed E-state index contributed by atoms with van der Waals surface area (Å²) in [6.07, 6.45) is 1.19. The van der Waals surface area contributed by atoms with Gasteiger partial charge in [0.25, 0.3) is 10.0 Å². The number of hydrogen-bond acceptors (Lipinski definition) is 6. The Hall–Kier alpha value is -1.88. The van der Waals surface area contributed by atoms with Crippen LogP contribution in [0.15, 0.2) is 18.2 Å². The zero-order valence-electron chi connectivity index (χ0n) is 15.7. The van der Waals surface area contributed by atoms with E-state index >= 15 is 0 Å². The van der Waals surface area contributed by atoms with Crippen LogP contribution in [0.2, 0.25) is 0 Å². The maximum absolute atomic E-state index is 14.1. The fourth-order valence-electron chi connectivity index (χ4n) is 4.67. The molecule has 3 aliphatic heterocycles. The van der Waals surface area contributed by atoms with Crippen molar-refractivity contribution < 1.29 is 21.9 Å². The minimum Gasteiger partial charge on any atom is -0.370 e. The van der Waals surface area contributed by atoms with Gasteiger partial charge in [-0.2, -0.15) is 9.19 Å².